The number of likely N-dealkylation sites (tertiary alicyclic amines) is 2. The summed E-state index contributed by atoms with van der Waals surface area (Å²) < 4.78 is 6.14. The van der Waals surface area contributed by atoms with Crippen LogP contribution in [0, 0.1) is 5.92 Å². The largest absolute Gasteiger partial charge is 0.492 e. The highest BCUT2D eigenvalue weighted by molar-refractivity contribution is 5.97. The van der Waals surface area contributed by atoms with Crippen LogP contribution in [0.2, 0.25) is 0 Å². The van der Waals surface area contributed by atoms with E-state index in [1.807, 2.05) is 52.3 Å². The topological polar surface area (TPSA) is 49.9 Å². The van der Waals surface area contributed by atoms with Crippen molar-refractivity contribution in [3.05, 3.63) is 65.7 Å². The highest BCUT2D eigenvalue weighted by atomic mass is 16.5. The van der Waals surface area contributed by atoms with Crippen molar-refractivity contribution in [3.63, 3.8) is 0 Å². The maximum atomic E-state index is 13.0. The Hall–Kier alpha value is -2.82. The third-order valence-electron chi connectivity index (χ3n) is 6.67. The van der Waals surface area contributed by atoms with Gasteiger partial charge in [0.1, 0.15) is 5.75 Å². The summed E-state index contributed by atoms with van der Waals surface area (Å²) >= 11 is 0. The van der Waals surface area contributed by atoms with Crippen molar-refractivity contribution in [2.24, 2.45) is 5.92 Å². The molecule has 0 N–H and O–H groups in total. The number of carbonyl (C=O) groups is 2. The van der Waals surface area contributed by atoms with Crippen molar-refractivity contribution in [1.29, 1.82) is 0 Å². The van der Waals surface area contributed by atoms with E-state index in [1.54, 1.807) is 0 Å². The van der Waals surface area contributed by atoms with Gasteiger partial charge < -0.3 is 14.5 Å². The minimum absolute atomic E-state index is 0.0825. The Morgan fingerprint density at radius 3 is 2.25 bits per heavy atom. The first-order chi connectivity index (χ1) is 15.7. The minimum Gasteiger partial charge on any atom is -0.492 e. The third-order valence-corrected chi connectivity index (χ3v) is 6.67. The number of nitrogens with zero attached hydrogens (tertiary/aromatic N) is 2. The lowest BCUT2D eigenvalue weighted by molar-refractivity contribution is -0.132. The number of para-hydroxylation sites is 1. The Balaban J connectivity index is 1.24. The molecule has 0 radical (unpaired) electrons. The van der Waals surface area contributed by atoms with Gasteiger partial charge in [0.05, 0.1) is 12.2 Å². The van der Waals surface area contributed by atoms with Crippen LogP contribution in [0.15, 0.2) is 54.6 Å². The summed E-state index contributed by atoms with van der Waals surface area (Å²) in [5, 5.41) is 0. The van der Waals surface area contributed by atoms with Gasteiger partial charge in [0.25, 0.3) is 5.91 Å². The fourth-order valence-corrected chi connectivity index (χ4v) is 4.65. The van der Waals surface area contributed by atoms with Crippen LogP contribution in [0.1, 0.15) is 54.4 Å². The molecule has 2 amide bonds. The van der Waals surface area contributed by atoms with E-state index >= 15 is 0 Å². The van der Waals surface area contributed by atoms with E-state index in [0.717, 1.165) is 58.3 Å². The van der Waals surface area contributed by atoms with Crippen LogP contribution in [0.4, 0.5) is 0 Å². The van der Waals surface area contributed by atoms with Gasteiger partial charge in [-0.25, -0.2) is 0 Å². The van der Waals surface area contributed by atoms with Gasteiger partial charge in [-0.1, -0.05) is 42.5 Å². The van der Waals surface area contributed by atoms with Gasteiger partial charge >= 0.3 is 0 Å². The lowest BCUT2D eigenvalue weighted by Gasteiger charge is -2.32. The lowest BCUT2D eigenvalue weighted by atomic mass is 9.97. The predicted octanol–water partition coefficient (Wildman–Crippen LogP) is 4.56. The summed E-state index contributed by atoms with van der Waals surface area (Å²) in [4.78, 5) is 29.5. The van der Waals surface area contributed by atoms with Gasteiger partial charge in [-0.3, -0.25) is 9.59 Å². The normalized spacial score (nSPS) is 17.2. The molecule has 5 heteroatoms. The number of piperidine rings is 2. The van der Waals surface area contributed by atoms with E-state index in [4.69, 9.17) is 4.74 Å². The molecule has 2 aromatic rings. The number of amides is 2. The number of ether oxygens (including phenoxy) is 1. The quantitative estimate of drug-likeness (QED) is 0.642. The molecule has 2 aliphatic rings. The molecular formula is C27H34N2O3. The second-order valence-corrected chi connectivity index (χ2v) is 8.97. The average Bonchev–Trinajstić information content (AvgIpc) is 2.87. The molecule has 5 nitrogen and oxygen atoms in total. The average molecular weight is 435 g/mol. The monoisotopic (exact) mass is 434 g/mol. The Morgan fingerprint density at radius 1 is 0.812 bits per heavy atom. The fraction of sp³-hybridized carbons (Fsp3) is 0.481. The van der Waals surface area contributed by atoms with E-state index in [9.17, 15) is 9.59 Å². The molecule has 2 fully saturated rings. The van der Waals surface area contributed by atoms with Gasteiger partial charge in [0, 0.05) is 32.6 Å². The van der Waals surface area contributed by atoms with Crippen molar-refractivity contribution >= 4 is 11.8 Å². The first-order valence-corrected chi connectivity index (χ1v) is 12.0. The highest BCUT2D eigenvalue weighted by Gasteiger charge is 2.25. The highest BCUT2D eigenvalue weighted by Crippen LogP contribution is 2.25. The second-order valence-electron chi connectivity index (χ2n) is 8.97. The number of hydrogen-bond acceptors (Lipinski definition) is 3. The van der Waals surface area contributed by atoms with Crippen LogP contribution in [-0.4, -0.2) is 54.4 Å². The summed E-state index contributed by atoms with van der Waals surface area (Å²) in [6, 6.07) is 17.8. The molecule has 2 saturated heterocycles. The molecular weight excluding hydrogens is 400 g/mol. The number of benzene rings is 2. The third kappa shape index (κ3) is 5.90. The van der Waals surface area contributed by atoms with Gasteiger partial charge in [-0.2, -0.15) is 0 Å². The zero-order valence-electron chi connectivity index (χ0n) is 18.9. The summed E-state index contributed by atoms with van der Waals surface area (Å²) in [6.07, 6.45) is 6.62. The molecule has 4 rings (SSSR count). The first kappa shape index (κ1) is 22.4. The van der Waals surface area contributed by atoms with Crippen molar-refractivity contribution in [2.45, 2.75) is 44.9 Å². The standard InChI is InChI=1S/C27H34N2O3/c30-26(14-13-22-9-3-1-4-10-22)28-19-15-23(16-20-28)21-32-25-12-6-5-11-24(25)27(31)29-17-7-2-8-18-29/h1,3-6,9-12,23H,2,7-8,13-21H2. The maximum Gasteiger partial charge on any atom is 0.257 e. The molecule has 0 aromatic heterocycles. The molecule has 2 aromatic carbocycles. The molecule has 2 aliphatic heterocycles. The Kier molecular flexibility index (Phi) is 7.81. The zero-order chi connectivity index (χ0) is 22.2. The smallest absolute Gasteiger partial charge is 0.257 e. The van der Waals surface area contributed by atoms with Crippen LogP contribution in [0.25, 0.3) is 0 Å². The molecule has 0 bridgehead atoms. The van der Waals surface area contributed by atoms with Crippen LogP contribution in [0.3, 0.4) is 0 Å². The van der Waals surface area contributed by atoms with Crippen LogP contribution >= 0.6 is 0 Å². The maximum absolute atomic E-state index is 13.0. The first-order valence-electron chi connectivity index (χ1n) is 12.0. The van der Waals surface area contributed by atoms with Crippen LogP contribution < -0.4 is 4.74 Å². The van der Waals surface area contributed by atoms with Crippen molar-refractivity contribution < 1.29 is 14.3 Å². The van der Waals surface area contributed by atoms with E-state index in [0.29, 0.717) is 30.3 Å². The van der Waals surface area contributed by atoms with Gasteiger partial charge in [0.15, 0.2) is 0 Å². The van der Waals surface area contributed by atoms with E-state index < -0.39 is 0 Å². The van der Waals surface area contributed by atoms with Crippen LogP contribution in [-0.2, 0) is 11.2 Å². The van der Waals surface area contributed by atoms with E-state index in [2.05, 4.69) is 12.1 Å². The molecule has 0 aliphatic carbocycles. The predicted molar refractivity (Wildman–Crippen MR) is 126 cm³/mol. The van der Waals surface area contributed by atoms with E-state index in [1.165, 1.54) is 12.0 Å². The summed E-state index contributed by atoms with van der Waals surface area (Å²) in [7, 11) is 0. The Bertz CT molecular complexity index is 885. The van der Waals surface area contributed by atoms with Crippen molar-refractivity contribution in [1.82, 2.24) is 9.80 Å². The SMILES string of the molecule is O=C(CCc1ccccc1)N1CCC(COc2ccccc2C(=O)N2CCCCC2)CC1. The molecule has 32 heavy (non-hydrogen) atoms. The number of rotatable bonds is 7. The zero-order valence-corrected chi connectivity index (χ0v) is 18.9. The van der Waals surface area contributed by atoms with Crippen molar-refractivity contribution in [3.8, 4) is 5.75 Å². The molecule has 0 atom stereocenters. The Labute approximate surface area is 191 Å². The minimum atomic E-state index is 0.0825. The van der Waals surface area contributed by atoms with Gasteiger partial charge in [0.2, 0.25) is 5.91 Å². The number of aryl methyl sites for hydroxylation is 1. The van der Waals surface area contributed by atoms with Gasteiger partial charge in [-0.05, 0) is 62.1 Å². The fourth-order valence-electron chi connectivity index (χ4n) is 4.65. The van der Waals surface area contributed by atoms with Crippen molar-refractivity contribution in [2.75, 3.05) is 32.8 Å². The molecule has 0 unspecified atom stereocenters. The molecule has 170 valence electrons. The number of hydrogen-bond donors (Lipinski definition) is 0. The molecule has 0 saturated carbocycles. The lowest BCUT2D eigenvalue weighted by Crippen LogP contribution is -2.40. The summed E-state index contributed by atoms with van der Waals surface area (Å²) in [6.45, 7) is 3.84. The van der Waals surface area contributed by atoms with Crippen LogP contribution in [0.5, 0.6) is 5.75 Å². The van der Waals surface area contributed by atoms with E-state index in [-0.39, 0.29) is 11.8 Å². The Morgan fingerprint density at radius 2 is 1.50 bits per heavy atom. The summed E-state index contributed by atoms with van der Waals surface area (Å²) in [5.74, 6) is 1.42. The second kappa shape index (κ2) is 11.2. The number of carbonyl (C=O) groups excluding carboxylic acids is 2. The molecule has 2 heterocycles. The molecule has 0 spiro atoms. The van der Waals surface area contributed by atoms with Gasteiger partial charge in [-0.15, -0.1) is 0 Å². The summed E-state index contributed by atoms with van der Waals surface area (Å²) in [5.41, 5.74) is 1.88.